The molecule has 3 aromatic rings. The van der Waals surface area contributed by atoms with E-state index in [0.717, 1.165) is 11.1 Å². The maximum atomic E-state index is 12.9. The summed E-state index contributed by atoms with van der Waals surface area (Å²) in [6.07, 6.45) is 1.96. The van der Waals surface area contributed by atoms with Crippen LogP contribution in [0.1, 0.15) is 68.6 Å². The molecule has 4 rings (SSSR count). The van der Waals surface area contributed by atoms with E-state index < -0.39 is 27.6 Å². The van der Waals surface area contributed by atoms with Gasteiger partial charge in [-0.2, -0.15) is 4.98 Å². The molecule has 0 radical (unpaired) electrons. The van der Waals surface area contributed by atoms with Gasteiger partial charge < -0.3 is 20.7 Å². The summed E-state index contributed by atoms with van der Waals surface area (Å²) in [7, 11) is -3.57. The zero-order chi connectivity index (χ0) is 31.0. The van der Waals surface area contributed by atoms with Crippen molar-refractivity contribution in [2.75, 3.05) is 17.1 Å². The van der Waals surface area contributed by atoms with Crippen molar-refractivity contribution in [3.05, 3.63) is 58.7 Å². The lowest BCUT2D eigenvalue weighted by Gasteiger charge is -2.30. The lowest BCUT2D eigenvalue weighted by atomic mass is 9.84. The second kappa shape index (κ2) is 12.1. The van der Waals surface area contributed by atoms with Crippen LogP contribution in [0.25, 0.3) is 0 Å². The van der Waals surface area contributed by atoms with Crippen LogP contribution in [0.3, 0.4) is 0 Å². The Morgan fingerprint density at radius 3 is 2.62 bits per heavy atom. The molecule has 1 aliphatic heterocycles. The fourth-order valence-corrected chi connectivity index (χ4v) is 5.81. The zero-order valence-corrected chi connectivity index (χ0v) is 24.7. The number of nitrogens with zero attached hydrogens (tertiary/aromatic N) is 2. The third-order valence-electron chi connectivity index (χ3n) is 6.43. The van der Waals surface area contributed by atoms with E-state index in [1.54, 1.807) is 45.0 Å². The van der Waals surface area contributed by atoms with Gasteiger partial charge in [-0.05, 0) is 102 Å². The Balaban J connectivity index is 1.68. The molecule has 0 spiro atoms. The number of nitrogens with one attached hydrogen (secondary N) is 3. The SMILES string of the molecule is [2H]C1([2H])CC(c2cc(OC(C)C)c(Nc3ncc(Cl)c(Nc4ccccc4S(=O)(=O)C(C)C)n3)cc2C)CC([2H])(C)N1. The molecule has 10 heteroatoms. The molecule has 0 bridgehead atoms. The molecular weight excluding hydrogens is 534 g/mol. The number of hydrogen-bond donors (Lipinski definition) is 3. The van der Waals surface area contributed by atoms with Gasteiger partial charge >= 0.3 is 0 Å². The third-order valence-corrected chi connectivity index (χ3v) is 8.92. The zero-order valence-electron chi connectivity index (χ0n) is 26.1. The summed E-state index contributed by atoms with van der Waals surface area (Å²) < 4.78 is 57.1. The van der Waals surface area contributed by atoms with Crippen molar-refractivity contribution in [2.45, 2.75) is 82.6 Å². The molecule has 0 saturated carbocycles. The Morgan fingerprint density at radius 1 is 1.18 bits per heavy atom. The number of aromatic nitrogens is 2. The van der Waals surface area contributed by atoms with Crippen LogP contribution in [0.5, 0.6) is 5.75 Å². The molecule has 210 valence electrons. The molecule has 2 heterocycles. The monoisotopic (exact) mass is 574 g/mol. The van der Waals surface area contributed by atoms with Gasteiger partial charge in [-0.25, -0.2) is 13.4 Å². The third kappa shape index (κ3) is 6.83. The Labute approximate surface area is 241 Å². The lowest BCUT2D eigenvalue weighted by Crippen LogP contribution is -2.35. The topological polar surface area (TPSA) is 105 Å². The molecule has 2 unspecified atom stereocenters. The first-order chi connectivity index (χ1) is 19.5. The van der Waals surface area contributed by atoms with E-state index in [1.807, 2.05) is 32.9 Å². The quantitative estimate of drug-likeness (QED) is 0.258. The van der Waals surface area contributed by atoms with Crippen molar-refractivity contribution in [2.24, 2.45) is 0 Å². The highest BCUT2D eigenvalue weighted by Crippen LogP contribution is 2.38. The Morgan fingerprint density at radius 2 is 1.92 bits per heavy atom. The van der Waals surface area contributed by atoms with Gasteiger partial charge in [-0.3, -0.25) is 0 Å². The number of hydrogen-bond acceptors (Lipinski definition) is 8. The summed E-state index contributed by atoms with van der Waals surface area (Å²) in [6, 6.07) is 9.30. The molecule has 3 N–H and O–H groups in total. The predicted octanol–water partition coefficient (Wildman–Crippen LogP) is 6.75. The molecule has 1 saturated heterocycles. The fraction of sp³-hybridized carbons (Fsp3) is 0.448. The number of ether oxygens (including phenoxy) is 1. The van der Waals surface area contributed by atoms with Crippen LogP contribution < -0.4 is 20.7 Å². The normalized spacial score (nSPS) is 22.2. The van der Waals surface area contributed by atoms with E-state index in [2.05, 4.69) is 25.9 Å². The van der Waals surface area contributed by atoms with Crippen LogP contribution in [0.15, 0.2) is 47.5 Å². The van der Waals surface area contributed by atoms with E-state index >= 15 is 0 Å². The highest BCUT2D eigenvalue weighted by Gasteiger charge is 2.25. The number of rotatable bonds is 9. The average Bonchev–Trinajstić information content (AvgIpc) is 2.85. The van der Waals surface area contributed by atoms with E-state index in [9.17, 15) is 8.42 Å². The van der Waals surface area contributed by atoms with E-state index in [-0.39, 0.29) is 40.1 Å². The molecule has 0 amide bonds. The molecule has 2 atom stereocenters. The number of aryl methyl sites for hydroxylation is 1. The van der Waals surface area contributed by atoms with Gasteiger partial charge in [-0.1, -0.05) is 23.7 Å². The number of halogens is 1. The number of benzene rings is 2. The number of sulfone groups is 1. The van der Waals surface area contributed by atoms with Crippen molar-refractivity contribution in [1.29, 1.82) is 0 Å². The summed E-state index contributed by atoms with van der Waals surface area (Å²) in [5, 5.41) is 8.65. The highest BCUT2D eigenvalue weighted by atomic mass is 35.5. The van der Waals surface area contributed by atoms with Gasteiger partial charge in [0.15, 0.2) is 15.7 Å². The number of piperidine rings is 1. The second-order valence-electron chi connectivity index (χ2n) is 10.3. The van der Waals surface area contributed by atoms with Crippen LogP contribution in [0.4, 0.5) is 23.1 Å². The average molecular weight is 575 g/mol. The van der Waals surface area contributed by atoms with Gasteiger partial charge in [0, 0.05) is 10.1 Å². The second-order valence-corrected chi connectivity index (χ2v) is 13.2. The minimum absolute atomic E-state index is 0.147. The van der Waals surface area contributed by atoms with Gasteiger partial charge in [0.05, 0.1) is 33.8 Å². The van der Waals surface area contributed by atoms with Gasteiger partial charge in [-0.15, -0.1) is 0 Å². The van der Waals surface area contributed by atoms with E-state index in [1.165, 1.54) is 6.20 Å². The molecule has 8 nitrogen and oxygen atoms in total. The first-order valence-corrected chi connectivity index (χ1v) is 14.9. The van der Waals surface area contributed by atoms with Crippen LogP contribution in [0, 0.1) is 6.92 Å². The molecular formula is C29H38ClN5O3S. The molecule has 0 aliphatic carbocycles. The van der Waals surface area contributed by atoms with Crippen molar-refractivity contribution in [1.82, 2.24) is 15.3 Å². The Kier molecular flexibility index (Phi) is 7.79. The first-order valence-electron chi connectivity index (χ1n) is 14.5. The Bertz CT molecular complexity index is 1550. The number of anilines is 4. The first kappa shape index (κ1) is 25.1. The maximum Gasteiger partial charge on any atom is 0.229 e. The summed E-state index contributed by atoms with van der Waals surface area (Å²) in [4.78, 5) is 9.01. The van der Waals surface area contributed by atoms with E-state index in [0.29, 0.717) is 23.5 Å². The molecule has 1 fully saturated rings. The highest BCUT2D eigenvalue weighted by molar-refractivity contribution is 7.92. The lowest BCUT2D eigenvalue weighted by molar-refractivity contribution is 0.243. The largest absolute Gasteiger partial charge is 0.489 e. The van der Waals surface area contributed by atoms with Gasteiger partial charge in [0.1, 0.15) is 10.8 Å². The van der Waals surface area contributed by atoms with Crippen LogP contribution in [-0.4, -0.2) is 42.3 Å². The minimum atomic E-state index is -3.57. The van der Waals surface area contributed by atoms with Crippen LogP contribution in [0.2, 0.25) is 5.02 Å². The van der Waals surface area contributed by atoms with Gasteiger partial charge in [0.25, 0.3) is 0 Å². The van der Waals surface area contributed by atoms with Gasteiger partial charge in [0.2, 0.25) is 5.95 Å². The van der Waals surface area contributed by atoms with Crippen molar-refractivity contribution >= 4 is 44.6 Å². The summed E-state index contributed by atoms with van der Waals surface area (Å²) in [5.74, 6) is 0.797. The molecule has 1 aromatic heterocycles. The standard InChI is InChI=1S/C29H38ClN5O3S/c1-17(2)38-26-15-22(21-11-12-31-20(6)14-21)19(5)13-25(26)34-29-32-16-23(30)28(35-29)33-24-9-7-8-10-27(24)39(36,37)18(3)4/h7-10,13,15-18,20-21,31H,11-12,14H2,1-6H3,(H2,32,33,34,35)/i12D2,20D. The minimum Gasteiger partial charge on any atom is -0.489 e. The summed E-state index contributed by atoms with van der Waals surface area (Å²) in [6.45, 7) is 9.04. The van der Waals surface area contributed by atoms with E-state index in [4.69, 9.17) is 20.5 Å². The number of para-hydroxylation sites is 1. The van der Waals surface area contributed by atoms with Crippen molar-refractivity contribution in [3.8, 4) is 5.75 Å². The molecule has 2 aromatic carbocycles. The fourth-order valence-electron chi connectivity index (χ4n) is 4.47. The molecule has 39 heavy (non-hydrogen) atoms. The van der Waals surface area contributed by atoms with Crippen molar-refractivity contribution in [3.63, 3.8) is 0 Å². The van der Waals surface area contributed by atoms with Crippen molar-refractivity contribution < 1.29 is 17.3 Å². The van der Waals surface area contributed by atoms with Crippen LogP contribution in [-0.2, 0) is 9.84 Å². The Hall–Kier alpha value is -2.88. The predicted molar refractivity (Wildman–Crippen MR) is 159 cm³/mol. The summed E-state index contributed by atoms with van der Waals surface area (Å²) in [5.41, 5.74) is 2.78. The maximum absolute atomic E-state index is 12.9. The smallest absolute Gasteiger partial charge is 0.229 e. The molecule has 1 aliphatic rings. The summed E-state index contributed by atoms with van der Waals surface area (Å²) >= 11 is 6.42. The van der Waals surface area contributed by atoms with Crippen LogP contribution >= 0.6 is 11.6 Å².